The van der Waals surface area contributed by atoms with Crippen molar-refractivity contribution in [2.24, 2.45) is 5.92 Å². The highest BCUT2D eigenvalue weighted by Gasteiger charge is 2.32. The highest BCUT2D eigenvalue weighted by atomic mass is 16.5. The summed E-state index contributed by atoms with van der Waals surface area (Å²) in [4.78, 5) is 0. The third-order valence-corrected chi connectivity index (χ3v) is 4.20. The van der Waals surface area contributed by atoms with Gasteiger partial charge in [0.1, 0.15) is 11.9 Å². The molecule has 0 saturated heterocycles. The Bertz CT molecular complexity index is 606. The van der Waals surface area contributed by atoms with E-state index >= 15 is 0 Å². The van der Waals surface area contributed by atoms with Crippen LogP contribution in [-0.4, -0.2) is 6.04 Å². The van der Waals surface area contributed by atoms with Gasteiger partial charge < -0.3 is 10.1 Å². The molecule has 0 aliphatic carbocycles. The lowest BCUT2D eigenvalue weighted by Crippen LogP contribution is -2.39. The molecule has 1 aliphatic rings. The Balaban J connectivity index is 1.98. The number of aryl methyl sites for hydroxylation is 1. The van der Waals surface area contributed by atoms with Crippen molar-refractivity contribution in [2.75, 3.05) is 5.32 Å². The molecule has 110 valence electrons. The number of hydrogen-bond donors (Lipinski definition) is 1. The van der Waals surface area contributed by atoms with E-state index in [2.05, 4.69) is 68.6 Å². The summed E-state index contributed by atoms with van der Waals surface area (Å²) in [6.45, 7) is 6.66. The van der Waals surface area contributed by atoms with Crippen LogP contribution in [0.1, 0.15) is 38.0 Å². The van der Waals surface area contributed by atoms with E-state index in [-0.39, 0.29) is 12.1 Å². The summed E-state index contributed by atoms with van der Waals surface area (Å²) >= 11 is 0. The molecule has 0 fully saturated rings. The second-order valence-electron chi connectivity index (χ2n) is 6.05. The first-order valence-electron chi connectivity index (χ1n) is 7.80. The maximum absolute atomic E-state index is 6.33. The lowest BCUT2D eigenvalue weighted by atomic mass is 9.91. The first-order chi connectivity index (χ1) is 10.2. The van der Waals surface area contributed by atoms with Gasteiger partial charge in [-0.1, -0.05) is 57.2 Å². The van der Waals surface area contributed by atoms with Crippen LogP contribution in [0.4, 0.5) is 5.69 Å². The quantitative estimate of drug-likeness (QED) is 0.871. The Kier molecular flexibility index (Phi) is 3.87. The van der Waals surface area contributed by atoms with Crippen molar-refractivity contribution in [1.82, 2.24) is 0 Å². The summed E-state index contributed by atoms with van der Waals surface area (Å²) in [5, 5.41) is 3.69. The van der Waals surface area contributed by atoms with E-state index < -0.39 is 0 Å². The predicted molar refractivity (Wildman–Crippen MR) is 87.9 cm³/mol. The van der Waals surface area contributed by atoms with Crippen LogP contribution in [0.2, 0.25) is 0 Å². The minimum Gasteiger partial charge on any atom is -0.481 e. The normalized spacial score (nSPS) is 20.6. The number of rotatable bonds is 3. The fourth-order valence-corrected chi connectivity index (χ4v) is 2.91. The Hall–Kier alpha value is -1.96. The third kappa shape index (κ3) is 2.76. The van der Waals surface area contributed by atoms with Gasteiger partial charge in [0.2, 0.25) is 0 Å². The summed E-state index contributed by atoms with van der Waals surface area (Å²) in [5.41, 5.74) is 3.69. The van der Waals surface area contributed by atoms with E-state index in [0.717, 1.165) is 17.9 Å². The molecule has 3 rings (SSSR count). The van der Waals surface area contributed by atoms with E-state index in [1.54, 1.807) is 0 Å². The SMILES string of the molecule is CCc1ccc2c(c1)NC(C(C)C)C(c1ccccc1)O2. The van der Waals surface area contributed by atoms with Crippen LogP contribution in [0.15, 0.2) is 48.5 Å². The van der Waals surface area contributed by atoms with Crippen molar-refractivity contribution in [1.29, 1.82) is 0 Å². The monoisotopic (exact) mass is 281 g/mol. The molecule has 0 aromatic heterocycles. The molecule has 1 aliphatic heterocycles. The van der Waals surface area contributed by atoms with Gasteiger partial charge in [0.05, 0.1) is 11.7 Å². The molecule has 0 bridgehead atoms. The minimum atomic E-state index is 0.0613. The van der Waals surface area contributed by atoms with Crippen LogP contribution in [0, 0.1) is 5.92 Å². The molecule has 2 aromatic rings. The Morgan fingerprint density at radius 2 is 1.86 bits per heavy atom. The van der Waals surface area contributed by atoms with Crippen LogP contribution in [0.25, 0.3) is 0 Å². The van der Waals surface area contributed by atoms with Crippen LogP contribution in [0.3, 0.4) is 0 Å². The summed E-state index contributed by atoms with van der Waals surface area (Å²) < 4.78 is 6.33. The molecule has 0 radical (unpaired) electrons. The molecule has 21 heavy (non-hydrogen) atoms. The van der Waals surface area contributed by atoms with E-state index in [9.17, 15) is 0 Å². The van der Waals surface area contributed by atoms with Gasteiger partial charge >= 0.3 is 0 Å². The van der Waals surface area contributed by atoms with Gasteiger partial charge in [-0.3, -0.25) is 0 Å². The van der Waals surface area contributed by atoms with Gasteiger partial charge in [0.15, 0.2) is 0 Å². The fraction of sp³-hybridized carbons (Fsp3) is 0.368. The van der Waals surface area contributed by atoms with Gasteiger partial charge in [0, 0.05) is 0 Å². The van der Waals surface area contributed by atoms with Gasteiger partial charge in [-0.25, -0.2) is 0 Å². The number of nitrogens with one attached hydrogen (secondary N) is 1. The topological polar surface area (TPSA) is 21.3 Å². The smallest absolute Gasteiger partial charge is 0.144 e. The Morgan fingerprint density at radius 1 is 1.10 bits per heavy atom. The molecule has 2 nitrogen and oxygen atoms in total. The van der Waals surface area contributed by atoms with Crippen LogP contribution in [-0.2, 0) is 6.42 Å². The Morgan fingerprint density at radius 3 is 2.52 bits per heavy atom. The van der Waals surface area contributed by atoms with E-state index in [1.165, 1.54) is 11.1 Å². The van der Waals surface area contributed by atoms with Crippen molar-refractivity contribution >= 4 is 5.69 Å². The molecule has 2 unspecified atom stereocenters. The second kappa shape index (κ2) is 5.80. The summed E-state index contributed by atoms with van der Waals surface area (Å²) in [6, 6.07) is 17.2. The number of fused-ring (bicyclic) bond motifs is 1. The van der Waals surface area contributed by atoms with Crippen molar-refractivity contribution in [3.63, 3.8) is 0 Å². The summed E-state index contributed by atoms with van der Waals surface area (Å²) in [5.74, 6) is 1.45. The highest BCUT2D eigenvalue weighted by Crippen LogP contribution is 2.40. The average Bonchev–Trinajstić information content (AvgIpc) is 2.53. The van der Waals surface area contributed by atoms with Crippen LogP contribution >= 0.6 is 0 Å². The van der Waals surface area contributed by atoms with Gasteiger partial charge in [0.25, 0.3) is 0 Å². The number of anilines is 1. The summed E-state index contributed by atoms with van der Waals surface area (Å²) in [6.07, 6.45) is 1.11. The second-order valence-corrected chi connectivity index (χ2v) is 6.05. The minimum absolute atomic E-state index is 0.0613. The predicted octanol–water partition coefficient (Wildman–Crippen LogP) is 4.82. The standard InChI is InChI=1S/C19H23NO/c1-4-14-10-11-17-16(12-14)20-18(13(2)3)19(21-17)15-8-6-5-7-9-15/h5-13,18-20H,4H2,1-3H3. The molecule has 0 spiro atoms. The van der Waals surface area contributed by atoms with Crippen molar-refractivity contribution < 1.29 is 4.74 Å². The highest BCUT2D eigenvalue weighted by molar-refractivity contribution is 5.61. The lowest BCUT2D eigenvalue weighted by molar-refractivity contribution is 0.149. The molecule has 2 atom stereocenters. The van der Waals surface area contributed by atoms with Crippen LogP contribution in [0.5, 0.6) is 5.75 Å². The van der Waals surface area contributed by atoms with Crippen molar-refractivity contribution in [2.45, 2.75) is 39.3 Å². The van der Waals surface area contributed by atoms with E-state index in [4.69, 9.17) is 4.74 Å². The molecule has 2 aromatic carbocycles. The largest absolute Gasteiger partial charge is 0.481 e. The van der Waals surface area contributed by atoms with Crippen LogP contribution < -0.4 is 10.1 Å². The van der Waals surface area contributed by atoms with E-state index in [0.29, 0.717) is 5.92 Å². The lowest BCUT2D eigenvalue weighted by Gasteiger charge is -2.37. The maximum Gasteiger partial charge on any atom is 0.144 e. The number of benzene rings is 2. The number of ether oxygens (including phenoxy) is 1. The van der Waals surface area contributed by atoms with Gasteiger partial charge in [-0.05, 0) is 35.6 Å². The van der Waals surface area contributed by atoms with Gasteiger partial charge in [-0.2, -0.15) is 0 Å². The average molecular weight is 281 g/mol. The van der Waals surface area contributed by atoms with Crippen molar-refractivity contribution in [3.8, 4) is 5.75 Å². The van der Waals surface area contributed by atoms with Crippen molar-refractivity contribution in [3.05, 3.63) is 59.7 Å². The number of hydrogen-bond acceptors (Lipinski definition) is 2. The molecule has 1 heterocycles. The molecule has 0 amide bonds. The summed E-state index contributed by atoms with van der Waals surface area (Å²) in [7, 11) is 0. The first-order valence-corrected chi connectivity index (χ1v) is 7.80. The maximum atomic E-state index is 6.33. The first kappa shape index (κ1) is 14.0. The molecule has 2 heteroatoms. The zero-order valence-corrected chi connectivity index (χ0v) is 13.0. The molecule has 0 saturated carbocycles. The zero-order chi connectivity index (χ0) is 14.8. The molecule has 1 N–H and O–H groups in total. The molecular weight excluding hydrogens is 258 g/mol. The van der Waals surface area contributed by atoms with Gasteiger partial charge in [-0.15, -0.1) is 0 Å². The van der Waals surface area contributed by atoms with E-state index in [1.807, 2.05) is 6.07 Å². The fourth-order valence-electron chi connectivity index (χ4n) is 2.91. The zero-order valence-electron chi connectivity index (χ0n) is 13.0. The third-order valence-electron chi connectivity index (χ3n) is 4.20. The molecular formula is C19H23NO. The Labute approximate surface area is 127 Å².